The lowest BCUT2D eigenvalue weighted by molar-refractivity contribution is 0.205. The fraction of sp³-hybridized carbons (Fsp3) is 0.909. The Balaban J connectivity index is 3.51. The Bertz CT molecular complexity index is 158. The molecular formula is C11H22N2. The van der Waals surface area contributed by atoms with Crippen molar-refractivity contribution in [3.05, 3.63) is 0 Å². The zero-order valence-electron chi connectivity index (χ0n) is 9.38. The average Bonchev–Trinajstić information content (AvgIpc) is 2.10. The second kappa shape index (κ2) is 6.91. The number of rotatable bonds is 6. The van der Waals surface area contributed by atoms with Crippen molar-refractivity contribution < 1.29 is 0 Å². The minimum Gasteiger partial charge on any atom is -0.303 e. The van der Waals surface area contributed by atoms with E-state index in [1.807, 2.05) is 0 Å². The van der Waals surface area contributed by atoms with Crippen LogP contribution in [0, 0.1) is 17.2 Å². The summed E-state index contributed by atoms with van der Waals surface area (Å²) < 4.78 is 0. The van der Waals surface area contributed by atoms with Crippen LogP contribution in [0.25, 0.3) is 0 Å². The molecule has 0 aliphatic rings. The van der Waals surface area contributed by atoms with Gasteiger partial charge in [-0.1, -0.05) is 13.8 Å². The quantitative estimate of drug-likeness (QED) is 0.590. The van der Waals surface area contributed by atoms with Gasteiger partial charge >= 0.3 is 0 Å². The minimum absolute atomic E-state index is 0.641. The van der Waals surface area contributed by atoms with E-state index in [1.54, 1.807) is 0 Å². The highest BCUT2D eigenvalue weighted by Gasteiger charge is 2.11. The zero-order chi connectivity index (χ0) is 10.3. The molecule has 0 saturated carbocycles. The van der Waals surface area contributed by atoms with Crippen molar-refractivity contribution in [3.8, 4) is 6.07 Å². The Morgan fingerprint density at radius 1 is 1.23 bits per heavy atom. The fourth-order valence-electron chi connectivity index (χ4n) is 1.28. The SMILES string of the molecule is CC(C)C(C)N(C)CCCCC#N. The molecule has 0 amide bonds. The zero-order valence-corrected chi connectivity index (χ0v) is 9.38. The highest BCUT2D eigenvalue weighted by molar-refractivity contribution is 4.70. The predicted octanol–water partition coefficient (Wildman–Crippen LogP) is 2.66. The summed E-state index contributed by atoms with van der Waals surface area (Å²) in [5.74, 6) is 0.709. The highest BCUT2D eigenvalue weighted by atomic mass is 15.1. The van der Waals surface area contributed by atoms with Crippen LogP contribution in [0.4, 0.5) is 0 Å². The summed E-state index contributed by atoms with van der Waals surface area (Å²) in [5.41, 5.74) is 0. The summed E-state index contributed by atoms with van der Waals surface area (Å²) in [7, 11) is 2.16. The number of unbranched alkanes of at least 4 members (excludes halogenated alkanes) is 2. The van der Waals surface area contributed by atoms with E-state index in [4.69, 9.17) is 5.26 Å². The Hall–Kier alpha value is -0.550. The molecule has 76 valence electrons. The Morgan fingerprint density at radius 3 is 2.31 bits per heavy atom. The monoisotopic (exact) mass is 182 g/mol. The molecular weight excluding hydrogens is 160 g/mol. The number of hydrogen-bond acceptors (Lipinski definition) is 2. The average molecular weight is 182 g/mol. The van der Waals surface area contributed by atoms with Gasteiger partial charge in [-0.15, -0.1) is 0 Å². The normalized spacial score (nSPS) is 13.3. The van der Waals surface area contributed by atoms with Gasteiger partial charge < -0.3 is 4.90 Å². The van der Waals surface area contributed by atoms with Gasteiger partial charge in [0.25, 0.3) is 0 Å². The lowest BCUT2D eigenvalue weighted by atomic mass is 10.0. The molecule has 0 rings (SSSR count). The highest BCUT2D eigenvalue weighted by Crippen LogP contribution is 2.09. The van der Waals surface area contributed by atoms with Crippen molar-refractivity contribution in [3.63, 3.8) is 0 Å². The maximum absolute atomic E-state index is 8.37. The van der Waals surface area contributed by atoms with Gasteiger partial charge in [-0.3, -0.25) is 0 Å². The molecule has 0 saturated heterocycles. The van der Waals surface area contributed by atoms with E-state index in [2.05, 4.69) is 38.8 Å². The first-order chi connectivity index (χ1) is 6.09. The molecule has 0 N–H and O–H groups in total. The first-order valence-electron chi connectivity index (χ1n) is 5.16. The summed E-state index contributed by atoms with van der Waals surface area (Å²) in [5, 5.41) is 8.37. The Morgan fingerprint density at radius 2 is 1.85 bits per heavy atom. The van der Waals surface area contributed by atoms with Crippen LogP contribution < -0.4 is 0 Å². The van der Waals surface area contributed by atoms with Crippen LogP contribution in [0.15, 0.2) is 0 Å². The van der Waals surface area contributed by atoms with Gasteiger partial charge in [0.2, 0.25) is 0 Å². The van der Waals surface area contributed by atoms with Crippen molar-refractivity contribution in [1.29, 1.82) is 5.26 Å². The molecule has 13 heavy (non-hydrogen) atoms. The third-order valence-corrected chi connectivity index (χ3v) is 2.71. The van der Waals surface area contributed by atoms with E-state index in [1.165, 1.54) is 0 Å². The molecule has 0 aliphatic heterocycles. The minimum atomic E-state index is 0.641. The second-order valence-electron chi connectivity index (χ2n) is 4.08. The number of nitriles is 1. The molecule has 1 unspecified atom stereocenters. The molecule has 2 heteroatoms. The molecule has 0 heterocycles. The van der Waals surface area contributed by atoms with Crippen LogP contribution in [-0.4, -0.2) is 24.5 Å². The smallest absolute Gasteiger partial charge is 0.0621 e. The lowest BCUT2D eigenvalue weighted by Crippen LogP contribution is -2.33. The summed E-state index contributed by atoms with van der Waals surface area (Å²) in [4.78, 5) is 2.38. The molecule has 0 spiro atoms. The van der Waals surface area contributed by atoms with Gasteiger partial charge in [-0.25, -0.2) is 0 Å². The maximum atomic E-state index is 8.37. The predicted molar refractivity (Wildman–Crippen MR) is 56.4 cm³/mol. The van der Waals surface area contributed by atoms with Crippen LogP contribution in [0.1, 0.15) is 40.0 Å². The summed E-state index contributed by atoms with van der Waals surface area (Å²) >= 11 is 0. The van der Waals surface area contributed by atoms with E-state index in [0.717, 1.165) is 19.4 Å². The fourth-order valence-corrected chi connectivity index (χ4v) is 1.28. The maximum Gasteiger partial charge on any atom is 0.0621 e. The van der Waals surface area contributed by atoms with Gasteiger partial charge in [0.1, 0.15) is 0 Å². The topological polar surface area (TPSA) is 27.0 Å². The van der Waals surface area contributed by atoms with Gasteiger partial charge in [-0.2, -0.15) is 5.26 Å². The van der Waals surface area contributed by atoms with Crippen molar-refractivity contribution in [2.45, 2.75) is 46.1 Å². The van der Waals surface area contributed by atoms with Crippen LogP contribution in [0.2, 0.25) is 0 Å². The molecule has 0 aliphatic carbocycles. The van der Waals surface area contributed by atoms with Gasteiger partial charge in [0.05, 0.1) is 6.07 Å². The molecule has 0 aromatic heterocycles. The molecule has 0 bridgehead atoms. The molecule has 0 fully saturated rings. The number of hydrogen-bond donors (Lipinski definition) is 0. The Kier molecular flexibility index (Phi) is 6.62. The third-order valence-electron chi connectivity index (χ3n) is 2.71. The van der Waals surface area contributed by atoms with Crippen LogP contribution in [0.3, 0.4) is 0 Å². The largest absolute Gasteiger partial charge is 0.303 e. The van der Waals surface area contributed by atoms with Crippen molar-refractivity contribution in [2.24, 2.45) is 5.92 Å². The van der Waals surface area contributed by atoms with Gasteiger partial charge in [0, 0.05) is 12.5 Å². The first kappa shape index (κ1) is 12.4. The number of nitrogens with zero attached hydrogens (tertiary/aromatic N) is 2. The van der Waals surface area contributed by atoms with Crippen molar-refractivity contribution in [1.82, 2.24) is 4.90 Å². The first-order valence-corrected chi connectivity index (χ1v) is 5.16. The van der Waals surface area contributed by atoms with Crippen LogP contribution in [0.5, 0.6) is 0 Å². The van der Waals surface area contributed by atoms with Gasteiger partial charge in [-0.05, 0) is 39.3 Å². The van der Waals surface area contributed by atoms with E-state index < -0.39 is 0 Å². The van der Waals surface area contributed by atoms with E-state index in [9.17, 15) is 0 Å². The lowest BCUT2D eigenvalue weighted by Gasteiger charge is -2.27. The van der Waals surface area contributed by atoms with Crippen molar-refractivity contribution in [2.75, 3.05) is 13.6 Å². The van der Waals surface area contributed by atoms with Crippen molar-refractivity contribution >= 4 is 0 Å². The van der Waals surface area contributed by atoms with E-state index in [-0.39, 0.29) is 0 Å². The standard InChI is InChI=1S/C11H22N2/c1-10(2)11(3)13(4)9-7-5-6-8-12/h10-11H,5-7,9H2,1-4H3. The van der Waals surface area contributed by atoms with E-state index in [0.29, 0.717) is 18.4 Å². The summed E-state index contributed by atoms with van der Waals surface area (Å²) in [6.07, 6.45) is 2.87. The molecule has 0 aromatic carbocycles. The third kappa shape index (κ3) is 5.65. The Labute approximate surface area is 82.5 Å². The molecule has 1 atom stereocenters. The van der Waals surface area contributed by atoms with Gasteiger partial charge in [0.15, 0.2) is 0 Å². The summed E-state index contributed by atoms with van der Waals surface area (Å²) in [6, 6.07) is 2.82. The molecule has 0 aromatic rings. The summed E-state index contributed by atoms with van der Waals surface area (Å²) in [6.45, 7) is 7.86. The second-order valence-corrected chi connectivity index (χ2v) is 4.08. The van der Waals surface area contributed by atoms with Crippen LogP contribution in [-0.2, 0) is 0 Å². The van der Waals surface area contributed by atoms with E-state index >= 15 is 0 Å². The van der Waals surface area contributed by atoms with Crippen LogP contribution >= 0.6 is 0 Å². The molecule has 2 nitrogen and oxygen atoms in total. The molecule has 0 radical (unpaired) electrons.